The highest BCUT2D eigenvalue weighted by Gasteiger charge is 2.05. The Kier molecular flexibility index (Phi) is 3.56. The maximum Gasteiger partial charge on any atom is 0.326 e. The van der Waals surface area contributed by atoms with Crippen molar-refractivity contribution in [2.45, 2.75) is 0 Å². The summed E-state index contributed by atoms with van der Waals surface area (Å²) in [7, 11) is 0. The molecule has 4 nitrogen and oxygen atoms in total. The number of carbonyl (C=O) groups is 1. The standard InChI is InChI=1S/C11H8Cl2N2O2/c12-8-4-3-7(6-9(8)13)14-11(16)15-10-2-1-5-17-10/h1-6H,(H2,14,15,16). The van der Waals surface area contributed by atoms with Crippen molar-refractivity contribution in [1.82, 2.24) is 0 Å². The van der Waals surface area contributed by atoms with Gasteiger partial charge in [0, 0.05) is 11.8 Å². The molecule has 2 rings (SSSR count). The van der Waals surface area contributed by atoms with Gasteiger partial charge in [-0.1, -0.05) is 23.2 Å². The highest BCUT2D eigenvalue weighted by atomic mass is 35.5. The summed E-state index contributed by atoms with van der Waals surface area (Å²) >= 11 is 11.6. The number of hydrogen-bond acceptors (Lipinski definition) is 2. The molecule has 1 heterocycles. The summed E-state index contributed by atoms with van der Waals surface area (Å²) in [6.07, 6.45) is 1.47. The summed E-state index contributed by atoms with van der Waals surface area (Å²) in [5, 5.41) is 5.92. The van der Waals surface area contributed by atoms with Gasteiger partial charge in [-0.05, 0) is 24.3 Å². The SMILES string of the molecule is O=C(Nc1ccc(Cl)c(Cl)c1)Nc1ccco1. The molecular weight excluding hydrogens is 263 g/mol. The van der Waals surface area contributed by atoms with E-state index in [9.17, 15) is 4.79 Å². The van der Waals surface area contributed by atoms with Crippen LogP contribution in [0.2, 0.25) is 10.0 Å². The first-order chi connectivity index (χ1) is 8.15. The Labute approximate surface area is 108 Å². The number of benzene rings is 1. The topological polar surface area (TPSA) is 54.3 Å². The van der Waals surface area contributed by atoms with E-state index in [0.717, 1.165) is 0 Å². The zero-order valence-electron chi connectivity index (χ0n) is 8.54. The van der Waals surface area contributed by atoms with E-state index < -0.39 is 6.03 Å². The van der Waals surface area contributed by atoms with Crippen LogP contribution in [0.3, 0.4) is 0 Å². The van der Waals surface area contributed by atoms with Crippen molar-refractivity contribution in [2.24, 2.45) is 0 Å². The Hall–Kier alpha value is -1.65. The van der Waals surface area contributed by atoms with E-state index in [1.807, 2.05) is 0 Å². The zero-order valence-corrected chi connectivity index (χ0v) is 10.0. The Balaban J connectivity index is 2.00. The van der Waals surface area contributed by atoms with Gasteiger partial charge in [-0.2, -0.15) is 0 Å². The van der Waals surface area contributed by atoms with Crippen molar-refractivity contribution in [1.29, 1.82) is 0 Å². The van der Waals surface area contributed by atoms with Crippen LogP contribution in [0, 0.1) is 0 Å². The molecule has 17 heavy (non-hydrogen) atoms. The van der Waals surface area contributed by atoms with Crippen LogP contribution in [0.15, 0.2) is 41.0 Å². The number of furan rings is 1. The number of rotatable bonds is 2. The molecule has 0 atom stereocenters. The maximum absolute atomic E-state index is 11.5. The molecule has 88 valence electrons. The number of urea groups is 1. The zero-order chi connectivity index (χ0) is 12.3. The van der Waals surface area contributed by atoms with Crippen LogP contribution in [0.4, 0.5) is 16.4 Å². The third-order valence-electron chi connectivity index (χ3n) is 1.94. The Morgan fingerprint density at radius 1 is 1.12 bits per heavy atom. The van der Waals surface area contributed by atoms with Crippen molar-refractivity contribution < 1.29 is 9.21 Å². The lowest BCUT2D eigenvalue weighted by Crippen LogP contribution is -2.18. The predicted molar refractivity (Wildman–Crippen MR) is 67.8 cm³/mol. The van der Waals surface area contributed by atoms with Gasteiger partial charge in [0.2, 0.25) is 5.88 Å². The molecule has 0 radical (unpaired) electrons. The molecule has 0 aliphatic rings. The highest BCUT2D eigenvalue weighted by Crippen LogP contribution is 2.25. The number of carbonyl (C=O) groups excluding carboxylic acids is 1. The summed E-state index contributed by atoms with van der Waals surface area (Å²) in [5.74, 6) is 0.363. The smallest absolute Gasteiger partial charge is 0.326 e. The minimum atomic E-state index is -0.418. The Morgan fingerprint density at radius 2 is 1.94 bits per heavy atom. The van der Waals surface area contributed by atoms with E-state index in [0.29, 0.717) is 21.6 Å². The normalized spacial score (nSPS) is 10.0. The Bertz CT molecular complexity index is 526. The molecule has 0 fully saturated rings. The largest absolute Gasteiger partial charge is 0.449 e. The minimum absolute atomic E-state index is 0.363. The van der Waals surface area contributed by atoms with E-state index >= 15 is 0 Å². The van der Waals surface area contributed by atoms with Crippen LogP contribution in [0.5, 0.6) is 0 Å². The van der Waals surface area contributed by atoms with Gasteiger partial charge in [0.1, 0.15) is 0 Å². The van der Waals surface area contributed by atoms with Crippen LogP contribution in [0.1, 0.15) is 0 Å². The monoisotopic (exact) mass is 270 g/mol. The minimum Gasteiger partial charge on any atom is -0.449 e. The molecule has 0 saturated carbocycles. The van der Waals surface area contributed by atoms with Gasteiger partial charge < -0.3 is 9.73 Å². The third kappa shape index (κ3) is 3.15. The third-order valence-corrected chi connectivity index (χ3v) is 2.67. The van der Waals surface area contributed by atoms with Crippen molar-refractivity contribution in [3.05, 3.63) is 46.6 Å². The molecule has 0 unspecified atom stereocenters. The van der Waals surface area contributed by atoms with Crippen LogP contribution >= 0.6 is 23.2 Å². The second-order valence-corrected chi connectivity index (χ2v) is 4.00. The van der Waals surface area contributed by atoms with Crippen LogP contribution in [-0.4, -0.2) is 6.03 Å². The number of hydrogen-bond donors (Lipinski definition) is 2. The van der Waals surface area contributed by atoms with Gasteiger partial charge in [-0.25, -0.2) is 4.79 Å². The number of amides is 2. The summed E-state index contributed by atoms with van der Waals surface area (Å²) < 4.78 is 4.97. The van der Waals surface area contributed by atoms with Gasteiger partial charge in [0.05, 0.1) is 16.3 Å². The van der Waals surface area contributed by atoms with Crippen molar-refractivity contribution >= 4 is 40.8 Å². The van der Waals surface area contributed by atoms with Gasteiger partial charge in [0.25, 0.3) is 0 Å². The van der Waals surface area contributed by atoms with E-state index in [-0.39, 0.29) is 0 Å². The summed E-state index contributed by atoms with van der Waals surface area (Å²) in [6.45, 7) is 0. The summed E-state index contributed by atoms with van der Waals surface area (Å²) in [6, 6.07) is 7.70. The van der Waals surface area contributed by atoms with E-state index in [2.05, 4.69) is 10.6 Å². The fraction of sp³-hybridized carbons (Fsp3) is 0. The quantitative estimate of drug-likeness (QED) is 0.858. The summed E-state index contributed by atoms with van der Waals surface area (Å²) in [4.78, 5) is 11.5. The summed E-state index contributed by atoms with van der Waals surface area (Å²) in [5.41, 5.74) is 0.545. The molecule has 2 aromatic rings. The van der Waals surface area contributed by atoms with Gasteiger partial charge in [0.15, 0.2) is 0 Å². The average molecular weight is 271 g/mol. The molecular formula is C11H8Cl2N2O2. The number of nitrogens with one attached hydrogen (secondary N) is 2. The lowest BCUT2D eigenvalue weighted by Gasteiger charge is -2.06. The van der Waals surface area contributed by atoms with Crippen LogP contribution < -0.4 is 10.6 Å². The second-order valence-electron chi connectivity index (χ2n) is 3.19. The molecule has 0 spiro atoms. The van der Waals surface area contributed by atoms with E-state index in [1.54, 1.807) is 30.3 Å². The highest BCUT2D eigenvalue weighted by molar-refractivity contribution is 6.42. The maximum atomic E-state index is 11.5. The molecule has 0 bridgehead atoms. The molecule has 2 amide bonds. The Morgan fingerprint density at radius 3 is 2.59 bits per heavy atom. The molecule has 1 aromatic carbocycles. The van der Waals surface area contributed by atoms with Gasteiger partial charge in [-0.3, -0.25) is 5.32 Å². The first-order valence-corrected chi connectivity index (χ1v) is 5.47. The van der Waals surface area contributed by atoms with Crippen LogP contribution in [-0.2, 0) is 0 Å². The number of halogens is 2. The molecule has 0 aliphatic heterocycles. The van der Waals surface area contributed by atoms with Crippen LogP contribution in [0.25, 0.3) is 0 Å². The molecule has 2 N–H and O–H groups in total. The average Bonchev–Trinajstić information content (AvgIpc) is 2.76. The number of anilines is 2. The molecule has 0 aliphatic carbocycles. The lowest BCUT2D eigenvalue weighted by molar-refractivity contribution is 0.261. The molecule has 0 saturated heterocycles. The first kappa shape index (κ1) is 11.8. The van der Waals surface area contributed by atoms with Crippen molar-refractivity contribution in [3.63, 3.8) is 0 Å². The fourth-order valence-electron chi connectivity index (χ4n) is 1.20. The van der Waals surface area contributed by atoms with Crippen molar-refractivity contribution in [2.75, 3.05) is 10.6 Å². The molecule has 6 heteroatoms. The van der Waals surface area contributed by atoms with Crippen molar-refractivity contribution in [3.8, 4) is 0 Å². The van der Waals surface area contributed by atoms with Gasteiger partial charge in [-0.15, -0.1) is 0 Å². The van der Waals surface area contributed by atoms with E-state index in [1.165, 1.54) is 6.26 Å². The van der Waals surface area contributed by atoms with Gasteiger partial charge >= 0.3 is 6.03 Å². The lowest BCUT2D eigenvalue weighted by atomic mass is 10.3. The van der Waals surface area contributed by atoms with E-state index in [4.69, 9.17) is 27.6 Å². The second kappa shape index (κ2) is 5.12. The molecule has 1 aromatic heterocycles. The first-order valence-electron chi connectivity index (χ1n) is 4.72. The fourth-order valence-corrected chi connectivity index (χ4v) is 1.50. The predicted octanol–water partition coefficient (Wildman–Crippen LogP) is 4.23.